The molecule has 2 heterocycles. The molecule has 0 saturated heterocycles. The fraction of sp³-hybridized carbons (Fsp3) is 0.231. The standard InChI is InChI=1S/C26H26N2O5/c1-6-31-19-9-7-18(8-10-19)22-14-32-26-17(4)25(30-5)20(13-21(22)26)15(2)11-24(29)27-23-12-16(3)33-28-23/h7-14H,6H2,1-5H3,(H,27,28,29)/b15-11+. The monoisotopic (exact) mass is 446 g/mol. The third-order valence-electron chi connectivity index (χ3n) is 5.38. The summed E-state index contributed by atoms with van der Waals surface area (Å²) in [5, 5.41) is 7.45. The van der Waals surface area contributed by atoms with Gasteiger partial charge >= 0.3 is 0 Å². The van der Waals surface area contributed by atoms with E-state index < -0.39 is 0 Å². The van der Waals surface area contributed by atoms with Crippen molar-refractivity contribution in [1.82, 2.24) is 5.16 Å². The van der Waals surface area contributed by atoms with E-state index in [2.05, 4.69) is 10.5 Å². The number of nitrogens with one attached hydrogen (secondary N) is 1. The number of fused-ring (bicyclic) bond motifs is 1. The maximum atomic E-state index is 12.5. The number of hydrogen-bond donors (Lipinski definition) is 1. The molecule has 170 valence electrons. The zero-order valence-electron chi connectivity index (χ0n) is 19.3. The summed E-state index contributed by atoms with van der Waals surface area (Å²) in [6.07, 6.45) is 3.26. The number of benzene rings is 2. The molecular formula is C26H26N2O5. The van der Waals surface area contributed by atoms with Gasteiger partial charge in [-0.25, -0.2) is 0 Å². The van der Waals surface area contributed by atoms with Crippen LogP contribution in [0, 0.1) is 13.8 Å². The Morgan fingerprint density at radius 2 is 1.94 bits per heavy atom. The number of methoxy groups -OCH3 is 1. The highest BCUT2D eigenvalue weighted by Gasteiger charge is 2.19. The highest BCUT2D eigenvalue weighted by atomic mass is 16.5. The number of ether oxygens (including phenoxy) is 2. The fourth-order valence-electron chi connectivity index (χ4n) is 3.85. The number of nitrogens with zero attached hydrogens (tertiary/aromatic N) is 1. The van der Waals surface area contributed by atoms with Gasteiger partial charge in [-0.3, -0.25) is 4.79 Å². The Labute approximate surface area is 192 Å². The normalized spacial score (nSPS) is 11.6. The number of aromatic nitrogens is 1. The number of carbonyl (C=O) groups excluding carboxylic acids is 1. The Hall–Kier alpha value is -4.00. The average molecular weight is 447 g/mol. The minimum atomic E-state index is -0.306. The average Bonchev–Trinajstić information content (AvgIpc) is 3.40. The van der Waals surface area contributed by atoms with E-state index in [-0.39, 0.29) is 5.91 Å². The van der Waals surface area contributed by atoms with Gasteiger partial charge in [0.2, 0.25) is 5.91 Å². The number of hydrogen-bond acceptors (Lipinski definition) is 6. The molecule has 7 heteroatoms. The third-order valence-corrected chi connectivity index (χ3v) is 5.38. The molecule has 7 nitrogen and oxygen atoms in total. The molecule has 2 aromatic carbocycles. The van der Waals surface area contributed by atoms with Crippen LogP contribution in [-0.4, -0.2) is 24.8 Å². The number of aryl methyl sites for hydroxylation is 2. The van der Waals surface area contributed by atoms with Crippen LogP contribution < -0.4 is 14.8 Å². The van der Waals surface area contributed by atoms with Crippen molar-refractivity contribution in [3.8, 4) is 22.6 Å². The fourth-order valence-corrected chi connectivity index (χ4v) is 3.85. The molecule has 4 rings (SSSR count). The van der Waals surface area contributed by atoms with E-state index >= 15 is 0 Å². The van der Waals surface area contributed by atoms with Crippen LogP contribution in [0.5, 0.6) is 11.5 Å². The van der Waals surface area contributed by atoms with Crippen molar-refractivity contribution >= 4 is 28.3 Å². The molecule has 0 bridgehead atoms. The van der Waals surface area contributed by atoms with Crippen LogP contribution in [0.4, 0.5) is 5.82 Å². The molecule has 0 fully saturated rings. The van der Waals surface area contributed by atoms with E-state index in [1.54, 1.807) is 26.4 Å². The van der Waals surface area contributed by atoms with Crippen molar-refractivity contribution < 1.29 is 23.2 Å². The maximum absolute atomic E-state index is 12.5. The Balaban J connectivity index is 1.74. The van der Waals surface area contributed by atoms with E-state index in [1.165, 1.54) is 6.08 Å². The molecule has 4 aromatic rings. The van der Waals surface area contributed by atoms with Gasteiger partial charge in [-0.05, 0) is 57.0 Å². The van der Waals surface area contributed by atoms with Gasteiger partial charge in [-0.15, -0.1) is 0 Å². The molecule has 0 aliphatic carbocycles. The van der Waals surface area contributed by atoms with Crippen LogP contribution in [-0.2, 0) is 4.79 Å². The summed E-state index contributed by atoms with van der Waals surface area (Å²) in [4.78, 5) is 12.5. The van der Waals surface area contributed by atoms with Crippen molar-refractivity contribution in [1.29, 1.82) is 0 Å². The molecule has 0 aliphatic heterocycles. The summed E-state index contributed by atoms with van der Waals surface area (Å²) in [5.74, 6) is 2.16. The SMILES string of the molecule is CCOc1ccc(-c2coc3c(C)c(OC)c(/C(C)=C/C(=O)Nc4cc(C)on4)cc23)cc1. The van der Waals surface area contributed by atoms with Crippen molar-refractivity contribution in [2.45, 2.75) is 27.7 Å². The predicted octanol–water partition coefficient (Wildman–Crippen LogP) is 6.15. The lowest BCUT2D eigenvalue weighted by molar-refractivity contribution is -0.111. The lowest BCUT2D eigenvalue weighted by Crippen LogP contribution is -2.09. The van der Waals surface area contributed by atoms with Gasteiger partial charge in [0, 0.05) is 34.2 Å². The van der Waals surface area contributed by atoms with E-state index in [4.69, 9.17) is 18.4 Å². The minimum absolute atomic E-state index is 0.306. The first-order valence-corrected chi connectivity index (χ1v) is 10.7. The van der Waals surface area contributed by atoms with E-state index in [0.29, 0.717) is 23.9 Å². The first kappa shape index (κ1) is 22.2. The lowest BCUT2D eigenvalue weighted by atomic mass is 9.96. The van der Waals surface area contributed by atoms with Gasteiger partial charge in [0.25, 0.3) is 0 Å². The quantitative estimate of drug-likeness (QED) is 0.343. The van der Waals surface area contributed by atoms with Crippen LogP contribution in [0.1, 0.15) is 30.7 Å². The van der Waals surface area contributed by atoms with Crippen molar-refractivity contribution in [3.63, 3.8) is 0 Å². The molecule has 0 aliphatic rings. The van der Waals surface area contributed by atoms with Crippen LogP contribution >= 0.6 is 0 Å². The number of rotatable bonds is 7. The number of carbonyl (C=O) groups is 1. The summed E-state index contributed by atoms with van der Waals surface area (Å²) in [5.41, 5.74) is 5.12. The largest absolute Gasteiger partial charge is 0.496 e. The summed E-state index contributed by atoms with van der Waals surface area (Å²) >= 11 is 0. The molecule has 1 N–H and O–H groups in total. The van der Waals surface area contributed by atoms with Gasteiger partial charge in [-0.2, -0.15) is 0 Å². The Morgan fingerprint density at radius 3 is 2.58 bits per heavy atom. The topological polar surface area (TPSA) is 86.7 Å². The lowest BCUT2D eigenvalue weighted by Gasteiger charge is -2.13. The molecular weight excluding hydrogens is 420 g/mol. The second kappa shape index (κ2) is 9.24. The Kier molecular flexibility index (Phi) is 6.22. The second-order valence-corrected chi connectivity index (χ2v) is 7.71. The van der Waals surface area contributed by atoms with Gasteiger partial charge < -0.3 is 23.7 Å². The van der Waals surface area contributed by atoms with Crippen LogP contribution in [0.2, 0.25) is 0 Å². The molecule has 0 atom stereocenters. The molecule has 2 aromatic heterocycles. The zero-order valence-corrected chi connectivity index (χ0v) is 19.3. The van der Waals surface area contributed by atoms with E-state index in [9.17, 15) is 4.79 Å². The van der Waals surface area contributed by atoms with Crippen LogP contribution in [0.3, 0.4) is 0 Å². The first-order valence-electron chi connectivity index (χ1n) is 10.7. The van der Waals surface area contributed by atoms with Crippen LogP contribution in [0.15, 0.2) is 57.7 Å². The summed E-state index contributed by atoms with van der Waals surface area (Å²) in [6.45, 7) is 8.15. The molecule has 1 amide bonds. The summed E-state index contributed by atoms with van der Waals surface area (Å²) in [6, 6.07) is 11.5. The summed E-state index contributed by atoms with van der Waals surface area (Å²) < 4.78 is 22.2. The van der Waals surface area contributed by atoms with Crippen molar-refractivity contribution in [2.24, 2.45) is 0 Å². The molecule has 0 spiro atoms. The molecule has 33 heavy (non-hydrogen) atoms. The molecule has 0 radical (unpaired) electrons. The number of furan rings is 1. The van der Waals surface area contributed by atoms with Gasteiger partial charge in [0.15, 0.2) is 5.82 Å². The Bertz CT molecular complexity index is 1330. The number of anilines is 1. The maximum Gasteiger partial charge on any atom is 0.249 e. The van der Waals surface area contributed by atoms with E-state index in [1.807, 2.05) is 51.1 Å². The van der Waals surface area contributed by atoms with Crippen LogP contribution in [0.25, 0.3) is 27.7 Å². The highest BCUT2D eigenvalue weighted by molar-refractivity contribution is 6.05. The first-order chi connectivity index (χ1) is 15.9. The number of allylic oxidation sites excluding steroid dienone is 1. The van der Waals surface area contributed by atoms with Crippen molar-refractivity contribution in [3.05, 3.63) is 65.6 Å². The third kappa shape index (κ3) is 4.48. The van der Waals surface area contributed by atoms with Gasteiger partial charge in [-0.1, -0.05) is 17.3 Å². The smallest absolute Gasteiger partial charge is 0.249 e. The van der Waals surface area contributed by atoms with Gasteiger partial charge in [0.05, 0.1) is 20.0 Å². The molecule has 0 saturated carbocycles. The predicted molar refractivity (Wildman–Crippen MR) is 128 cm³/mol. The zero-order chi connectivity index (χ0) is 23.5. The number of amides is 1. The van der Waals surface area contributed by atoms with Gasteiger partial charge in [0.1, 0.15) is 22.8 Å². The van der Waals surface area contributed by atoms with Crippen molar-refractivity contribution in [2.75, 3.05) is 19.0 Å². The Morgan fingerprint density at radius 1 is 1.18 bits per heavy atom. The highest BCUT2D eigenvalue weighted by Crippen LogP contribution is 2.40. The minimum Gasteiger partial charge on any atom is -0.496 e. The molecule has 0 unspecified atom stereocenters. The second-order valence-electron chi connectivity index (χ2n) is 7.71. The summed E-state index contributed by atoms with van der Waals surface area (Å²) in [7, 11) is 1.61. The van der Waals surface area contributed by atoms with E-state index in [0.717, 1.165) is 44.5 Å².